The zero-order chi connectivity index (χ0) is 14.8. The largest absolute Gasteiger partial charge is 0.492 e. The van der Waals surface area contributed by atoms with Crippen molar-refractivity contribution < 1.29 is 9.47 Å². The predicted octanol–water partition coefficient (Wildman–Crippen LogP) is 3.35. The average molecular weight is 296 g/mol. The zero-order valence-corrected chi connectivity index (χ0v) is 12.5. The van der Waals surface area contributed by atoms with Crippen molar-refractivity contribution in [3.8, 4) is 17.2 Å². The third-order valence-corrected chi connectivity index (χ3v) is 4.15. The maximum absolute atomic E-state index is 5.86. The Bertz CT molecular complexity index is 611. The molecule has 2 aliphatic rings. The zero-order valence-electron chi connectivity index (χ0n) is 12.5. The molecule has 0 amide bonds. The molecule has 1 saturated carbocycles. The second-order valence-electron chi connectivity index (χ2n) is 6.12. The van der Waals surface area contributed by atoms with Gasteiger partial charge < -0.3 is 9.47 Å². The quantitative estimate of drug-likeness (QED) is 0.734. The highest BCUT2D eigenvalue weighted by atomic mass is 16.5. The van der Waals surface area contributed by atoms with Crippen molar-refractivity contribution in [1.29, 1.82) is 0 Å². The summed E-state index contributed by atoms with van der Waals surface area (Å²) in [6.45, 7) is 3.25. The molecule has 0 bridgehead atoms. The molecule has 2 aromatic rings. The van der Waals surface area contributed by atoms with Gasteiger partial charge in [0.05, 0.1) is 12.2 Å². The summed E-state index contributed by atoms with van der Waals surface area (Å²) in [6, 6.07) is 12.1. The van der Waals surface area contributed by atoms with Gasteiger partial charge in [-0.25, -0.2) is 0 Å². The number of pyridine rings is 1. The molecular weight excluding hydrogens is 276 g/mol. The van der Waals surface area contributed by atoms with Crippen molar-refractivity contribution in [2.45, 2.75) is 18.9 Å². The molecule has 4 rings (SSSR count). The molecule has 2 unspecified atom stereocenters. The predicted molar refractivity (Wildman–Crippen MR) is 84.3 cm³/mol. The number of benzene rings is 1. The van der Waals surface area contributed by atoms with Gasteiger partial charge in [0.1, 0.15) is 23.9 Å². The van der Waals surface area contributed by atoms with Crippen molar-refractivity contribution in [1.82, 2.24) is 9.88 Å². The molecule has 1 aromatic heterocycles. The molecule has 2 heterocycles. The van der Waals surface area contributed by atoms with Crippen molar-refractivity contribution in [2.75, 3.05) is 19.7 Å². The van der Waals surface area contributed by atoms with Crippen LogP contribution < -0.4 is 9.47 Å². The molecule has 0 spiro atoms. The molecule has 2 atom stereocenters. The summed E-state index contributed by atoms with van der Waals surface area (Å²) in [6.07, 6.45) is 6.27. The fourth-order valence-electron chi connectivity index (χ4n) is 2.58. The van der Waals surface area contributed by atoms with E-state index in [1.165, 1.54) is 25.9 Å². The lowest BCUT2D eigenvalue weighted by molar-refractivity contribution is 0.291. The van der Waals surface area contributed by atoms with Crippen LogP contribution in [0.4, 0.5) is 0 Å². The minimum atomic E-state index is 0.618. The van der Waals surface area contributed by atoms with Crippen LogP contribution in [-0.4, -0.2) is 35.6 Å². The first-order chi connectivity index (χ1) is 10.9. The van der Waals surface area contributed by atoms with Gasteiger partial charge in [-0.15, -0.1) is 0 Å². The molecule has 114 valence electrons. The van der Waals surface area contributed by atoms with E-state index in [1.54, 1.807) is 12.4 Å². The Morgan fingerprint density at radius 1 is 1.05 bits per heavy atom. The van der Waals surface area contributed by atoms with Crippen LogP contribution in [0.5, 0.6) is 17.2 Å². The number of rotatable bonds is 7. The van der Waals surface area contributed by atoms with E-state index in [1.807, 2.05) is 36.4 Å². The lowest BCUT2D eigenvalue weighted by Gasteiger charge is -2.08. The van der Waals surface area contributed by atoms with Crippen LogP contribution in [0.3, 0.4) is 0 Å². The third-order valence-electron chi connectivity index (χ3n) is 4.15. The first-order valence-corrected chi connectivity index (χ1v) is 7.91. The summed E-state index contributed by atoms with van der Waals surface area (Å²) in [4.78, 5) is 6.54. The smallest absolute Gasteiger partial charge is 0.145 e. The molecule has 1 saturated heterocycles. The number of hydrogen-bond acceptors (Lipinski definition) is 4. The Morgan fingerprint density at radius 2 is 1.86 bits per heavy atom. The monoisotopic (exact) mass is 296 g/mol. The molecule has 0 N–H and O–H groups in total. The topological polar surface area (TPSA) is 34.4 Å². The lowest BCUT2D eigenvalue weighted by atomic mass is 10.3. The van der Waals surface area contributed by atoms with E-state index >= 15 is 0 Å². The summed E-state index contributed by atoms with van der Waals surface area (Å²) >= 11 is 0. The van der Waals surface area contributed by atoms with Gasteiger partial charge in [-0.05, 0) is 55.2 Å². The molecule has 22 heavy (non-hydrogen) atoms. The van der Waals surface area contributed by atoms with Crippen molar-refractivity contribution in [2.24, 2.45) is 5.92 Å². The Kier molecular flexibility index (Phi) is 3.69. The summed E-state index contributed by atoms with van der Waals surface area (Å²) in [7, 11) is 0. The molecule has 4 nitrogen and oxygen atoms in total. The number of hydrogen-bond donors (Lipinski definition) is 0. The standard InChI is InChI=1S/C18H20N2O2/c1-2-18(10-19-9-1)22-17-7-5-16(6-8-17)21-13-15-12-20(15)11-14-3-4-14/h1-2,5-10,14-15H,3-4,11-13H2. The lowest BCUT2D eigenvalue weighted by Crippen LogP contribution is -2.12. The molecule has 0 radical (unpaired) electrons. The summed E-state index contributed by atoms with van der Waals surface area (Å²) in [5.74, 6) is 3.40. The Labute approximate surface area is 130 Å². The average Bonchev–Trinajstić information content (AvgIpc) is 3.47. The van der Waals surface area contributed by atoms with Crippen LogP contribution in [0.2, 0.25) is 0 Å². The SMILES string of the molecule is c1cncc(Oc2ccc(OCC3CN3CC3CC3)cc2)c1. The van der Waals surface area contributed by atoms with Gasteiger partial charge in [-0.2, -0.15) is 0 Å². The highest BCUT2D eigenvalue weighted by Crippen LogP contribution is 2.33. The molecule has 4 heteroatoms. The van der Waals surface area contributed by atoms with Crippen LogP contribution in [0.1, 0.15) is 12.8 Å². The first kappa shape index (κ1) is 13.6. The summed E-state index contributed by atoms with van der Waals surface area (Å²) < 4.78 is 11.6. The summed E-state index contributed by atoms with van der Waals surface area (Å²) in [5.41, 5.74) is 0. The van der Waals surface area contributed by atoms with E-state index in [-0.39, 0.29) is 0 Å². The second-order valence-corrected chi connectivity index (χ2v) is 6.12. The maximum Gasteiger partial charge on any atom is 0.145 e. The molecule has 1 aliphatic carbocycles. The van der Waals surface area contributed by atoms with Crippen LogP contribution in [0.15, 0.2) is 48.8 Å². The highest BCUT2D eigenvalue weighted by molar-refractivity contribution is 5.34. The van der Waals surface area contributed by atoms with Crippen LogP contribution in [0.25, 0.3) is 0 Å². The number of ether oxygens (including phenoxy) is 2. The minimum Gasteiger partial charge on any atom is -0.492 e. The highest BCUT2D eigenvalue weighted by Gasteiger charge is 2.38. The fraction of sp³-hybridized carbons (Fsp3) is 0.389. The van der Waals surface area contributed by atoms with Gasteiger partial charge in [-0.1, -0.05) is 0 Å². The van der Waals surface area contributed by atoms with Crippen molar-refractivity contribution in [3.63, 3.8) is 0 Å². The van der Waals surface area contributed by atoms with E-state index in [2.05, 4.69) is 9.88 Å². The summed E-state index contributed by atoms with van der Waals surface area (Å²) in [5, 5.41) is 0. The van der Waals surface area contributed by atoms with Gasteiger partial charge in [-0.3, -0.25) is 9.88 Å². The Morgan fingerprint density at radius 3 is 2.59 bits per heavy atom. The van der Waals surface area contributed by atoms with Gasteiger partial charge in [0.2, 0.25) is 0 Å². The number of nitrogens with zero attached hydrogens (tertiary/aromatic N) is 2. The van der Waals surface area contributed by atoms with E-state index < -0.39 is 0 Å². The third kappa shape index (κ3) is 3.57. The first-order valence-electron chi connectivity index (χ1n) is 7.91. The van der Waals surface area contributed by atoms with Crippen molar-refractivity contribution in [3.05, 3.63) is 48.8 Å². The minimum absolute atomic E-state index is 0.618. The van der Waals surface area contributed by atoms with E-state index in [4.69, 9.17) is 9.47 Å². The Hall–Kier alpha value is -2.07. The van der Waals surface area contributed by atoms with Gasteiger partial charge in [0.25, 0.3) is 0 Å². The maximum atomic E-state index is 5.86. The molecular formula is C18H20N2O2. The molecule has 1 aromatic carbocycles. The molecule has 1 aliphatic heterocycles. The Balaban J connectivity index is 1.25. The van der Waals surface area contributed by atoms with Crippen LogP contribution in [-0.2, 0) is 0 Å². The van der Waals surface area contributed by atoms with Gasteiger partial charge >= 0.3 is 0 Å². The fourth-order valence-corrected chi connectivity index (χ4v) is 2.58. The van der Waals surface area contributed by atoms with E-state index in [0.717, 1.165) is 29.8 Å². The number of aromatic nitrogens is 1. The molecule has 2 fully saturated rings. The second kappa shape index (κ2) is 5.97. The van der Waals surface area contributed by atoms with Crippen LogP contribution in [0, 0.1) is 5.92 Å². The van der Waals surface area contributed by atoms with Gasteiger partial charge in [0.15, 0.2) is 0 Å². The van der Waals surface area contributed by atoms with Crippen molar-refractivity contribution >= 4 is 0 Å². The van der Waals surface area contributed by atoms with Crippen LogP contribution >= 0.6 is 0 Å². The van der Waals surface area contributed by atoms with E-state index in [9.17, 15) is 0 Å². The van der Waals surface area contributed by atoms with Gasteiger partial charge in [0, 0.05) is 19.3 Å². The van der Waals surface area contributed by atoms with E-state index in [0.29, 0.717) is 6.04 Å². The normalized spacial score (nSPS) is 23.1.